The summed E-state index contributed by atoms with van der Waals surface area (Å²) in [5.74, 6) is 0.624. The molecule has 2 heterocycles. The summed E-state index contributed by atoms with van der Waals surface area (Å²) >= 11 is 7.54. The van der Waals surface area contributed by atoms with Crippen LogP contribution in [0.25, 0.3) is 16.7 Å². The second kappa shape index (κ2) is 7.69. The van der Waals surface area contributed by atoms with Gasteiger partial charge in [0.2, 0.25) is 0 Å². The van der Waals surface area contributed by atoms with Crippen molar-refractivity contribution in [2.75, 3.05) is 0 Å². The fourth-order valence-corrected chi connectivity index (χ4v) is 4.08. The van der Waals surface area contributed by atoms with E-state index in [1.165, 1.54) is 23.9 Å². The number of fused-ring (bicyclic) bond motifs is 1. The average molecular weight is 414 g/mol. The lowest BCUT2D eigenvalue weighted by Crippen LogP contribution is -2.01. The van der Waals surface area contributed by atoms with Crippen LogP contribution in [-0.4, -0.2) is 19.9 Å². The lowest BCUT2D eigenvalue weighted by molar-refractivity contribution is 0.466. The smallest absolute Gasteiger partial charge is 0.336 e. The molecule has 0 radical (unpaired) electrons. The quantitative estimate of drug-likeness (QED) is 0.380. The zero-order valence-corrected chi connectivity index (χ0v) is 16.5. The summed E-state index contributed by atoms with van der Waals surface area (Å²) in [6, 6.07) is 12.3. The number of aromatic nitrogens is 3. The zero-order chi connectivity index (χ0) is 19.7. The second-order valence-corrected chi connectivity index (χ2v) is 7.55. The molecule has 142 valence electrons. The third-order valence-electron chi connectivity index (χ3n) is 4.37. The Morgan fingerprint density at radius 3 is 2.86 bits per heavy atom. The van der Waals surface area contributed by atoms with Gasteiger partial charge in [0.1, 0.15) is 17.7 Å². The standard InChI is InChI=1S/C20H16ClN3O3S/c1-2-12-6-16-13(7-19(26)27-18(16)9-17(12)25)10-28-20-23-22-11-24(20)15-5-3-4-14(21)8-15/h3-9,11,25H,2,10H2,1H3. The van der Waals surface area contributed by atoms with Crippen molar-refractivity contribution < 1.29 is 9.52 Å². The van der Waals surface area contributed by atoms with Gasteiger partial charge in [-0.2, -0.15) is 0 Å². The zero-order valence-electron chi connectivity index (χ0n) is 14.9. The number of phenolic OH excluding ortho intramolecular Hbond substituents is 1. The van der Waals surface area contributed by atoms with Crippen LogP contribution in [0.5, 0.6) is 5.75 Å². The lowest BCUT2D eigenvalue weighted by Gasteiger charge is -2.09. The minimum Gasteiger partial charge on any atom is -0.508 e. The van der Waals surface area contributed by atoms with E-state index in [0.29, 0.717) is 27.9 Å². The van der Waals surface area contributed by atoms with Crippen molar-refractivity contribution >= 4 is 34.3 Å². The molecule has 0 aliphatic heterocycles. The molecule has 0 atom stereocenters. The minimum absolute atomic E-state index is 0.128. The van der Waals surface area contributed by atoms with Crippen molar-refractivity contribution in [3.8, 4) is 11.4 Å². The van der Waals surface area contributed by atoms with Crippen molar-refractivity contribution in [1.82, 2.24) is 14.8 Å². The van der Waals surface area contributed by atoms with E-state index in [1.54, 1.807) is 12.4 Å². The molecule has 4 rings (SSSR count). The summed E-state index contributed by atoms with van der Waals surface area (Å²) in [6.07, 6.45) is 2.30. The molecule has 4 aromatic rings. The summed E-state index contributed by atoms with van der Waals surface area (Å²) in [4.78, 5) is 12.0. The molecule has 2 aromatic heterocycles. The Morgan fingerprint density at radius 1 is 1.21 bits per heavy atom. The van der Waals surface area contributed by atoms with Gasteiger partial charge in [-0.3, -0.25) is 4.57 Å². The number of phenols is 1. The maximum Gasteiger partial charge on any atom is 0.336 e. The van der Waals surface area contributed by atoms with Gasteiger partial charge < -0.3 is 9.52 Å². The van der Waals surface area contributed by atoms with Crippen molar-refractivity contribution in [2.24, 2.45) is 0 Å². The summed E-state index contributed by atoms with van der Waals surface area (Å²) in [5.41, 5.74) is 2.38. The van der Waals surface area contributed by atoms with E-state index in [-0.39, 0.29) is 5.75 Å². The molecule has 0 amide bonds. The number of aromatic hydroxyl groups is 1. The number of hydrogen-bond acceptors (Lipinski definition) is 6. The topological polar surface area (TPSA) is 81.2 Å². The number of benzene rings is 2. The molecule has 8 heteroatoms. The van der Waals surface area contributed by atoms with Crippen LogP contribution in [0.15, 0.2) is 63.2 Å². The first-order valence-electron chi connectivity index (χ1n) is 8.62. The predicted octanol–water partition coefficient (Wildman–Crippen LogP) is 4.59. The summed E-state index contributed by atoms with van der Waals surface area (Å²) in [6.45, 7) is 1.96. The molecule has 0 saturated carbocycles. The molecule has 0 aliphatic rings. The molecule has 28 heavy (non-hydrogen) atoms. The van der Waals surface area contributed by atoms with Crippen LogP contribution in [0.2, 0.25) is 5.02 Å². The highest BCUT2D eigenvalue weighted by Crippen LogP contribution is 2.31. The lowest BCUT2D eigenvalue weighted by atomic mass is 10.1. The predicted molar refractivity (Wildman–Crippen MR) is 109 cm³/mol. The summed E-state index contributed by atoms with van der Waals surface area (Å²) in [5, 5.41) is 20.3. The SMILES string of the molecule is CCc1cc2c(CSc3nncn3-c3cccc(Cl)c3)cc(=O)oc2cc1O. The fourth-order valence-electron chi connectivity index (χ4n) is 2.98. The number of thioether (sulfide) groups is 1. The van der Waals surface area contributed by atoms with E-state index in [1.807, 2.05) is 35.8 Å². The van der Waals surface area contributed by atoms with Crippen LogP contribution in [0.1, 0.15) is 18.1 Å². The maximum absolute atomic E-state index is 12.0. The highest BCUT2D eigenvalue weighted by molar-refractivity contribution is 7.98. The number of nitrogens with zero attached hydrogens (tertiary/aromatic N) is 3. The van der Waals surface area contributed by atoms with Gasteiger partial charge in [0.25, 0.3) is 0 Å². The van der Waals surface area contributed by atoms with Crippen LogP contribution in [0, 0.1) is 0 Å². The summed E-state index contributed by atoms with van der Waals surface area (Å²) < 4.78 is 7.09. The Kier molecular flexibility index (Phi) is 5.11. The third kappa shape index (κ3) is 3.63. The highest BCUT2D eigenvalue weighted by atomic mass is 35.5. The van der Waals surface area contributed by atoms with E-state index >= 15 is 0 Å². The first kappa shape index (κ1) is 18.6. The molecular weight excluding hydrogens is 398 g/mol. The molecule has 6 nitrogen and oxygen atoms in total. The van der Waals surface area contributed by atoms with Crippen molar-refractivity contribution in [1.29, 1.82) is 0 Å². The Morgan fingerprint density at radius 2 is 2.07 bits per heavy atom. The summed E-state index contributed by atoms with van der Waals surface area (Å²) in [7, 11) is 0. The van der Waals surface area contributed by atoms with E-state index in [0.717, 1.165) is 22.2 Å². The molecule has 2 aromatic carbocycles. The Labute approximate surface area is 169 Å². The van der Waals surface area contributed by atoms with Crippen molar-refractivity contribution in [3.63, 3.8) is 0 Å². The van der Waals surface area contributed by atoms with Gasteiger partial charge in [0, 0.05) is 28.3 Å². The highest BCUT2D eigenvalue weighted by Gasteiger charge is 2.13. The van der Waals surface area contributed by atoms with Crippen molar-refractivity contribution in [2.45, 2.75) is 24.3 Å². The number of rotatable bonds is 5. The van der Waals surface area contributed by atoms with Crippen LogP contribution < -0.4 is 5.63 Å². The normalized spacial score (nSPS) is 11.2. The number of halogens is 1. The van der Waals surface area contributed by atoms with Gasteiger partial charge >= 0.3 is 5.63 Å². The molecule has 0 aliphatic carbocycles. The van der Waals surface area contributed by atoms with E-state index in [9.17, 15) is 9.90 Å². The number of hydrogen-bond donors (Lipinski definition) is 1. The van der Waals surface area contributed by atoms with E-state index < -0.39 is 5.63 Å². The largest absolute Gasteiger partial charge is 0.508 e. The van der Waals surface area contributed by atoms with Crippen LogP contribution >= 0.6 is 23.4 Å². The average Bonchev–Trinajstić information content (AvgIpc) is 3.14. The van der Waals surface area contributed by atoms with Crippen molar-refractivity contribution in [3.05, 3.63) is 75.4 Å². The molecule has 0 saturated heterocycles. The molecular formula is C20H16ClN3O3S. The van der Waals surface area contributed by atoms with Crippen LogP contribution in [0.3, 0.4) is 0 Å². The van der Waals surface area contributed by atoms with Gasteiger partial charge in [-0.15, -0.1) is 10.2 Å². The van der Waals surface area contributed by atoms with Crippen LogP contribution in [-0.2, 0) is 12.2 Å². The van der Waals surface area contributed by atoms with Gasteiger partial charge in [-0.05, 0) is 41.8 Å². The first-order chi connectivity index (χ1) is 13.5. The monoisotopic (exact) mass is 413 g/mol. The Hall–Kier alpha value is -2.77. The van der Waals surface area contributed by atoms with Gasteiger partial charge in [0.05, 0.1) is 5.69 Å². The maximum atomic E-state index is 12.0. The molecule has 0 bridgehead atoms. The van der Waals surface area contributed by atoms with Gasteiger partial charge in [-0.1, -0.05) is 36.4 Å². The van der Waals surface area contributed by atoms with E-state index in [4.69, 9.17) is 16.0 Å². The molecule has 0 unspecified atom stereocenters. The van der Waals surface area contributed by atoms with E-state index in [2.05, 4.69) is 10.2 Å². The van der Waals surface area contributed by atoms with Gasteiger partial charge in [-0.25, -0.2) is 4.79 Å². The Balaban J connectivity index is 1.69. The third-order valence-corrected chi connectivity index (χ3v) is 5.60. The molecule has 1 N–H and O–H groups in total. The van der Waals surface area contributed by atoms with Gasteiger partial charge in [0.15, 0.2) is 5.16 Å². The second-order valence-electron chi connectivity index (χ2n) is 6.17. The Bertz CT molecular complexity index is 1220. The number of aryl methyl sites for hydroxylation is 1. The van der Waals surface area contributed by atoms with Crippen LogP contribution in [0.4, 0.5) is 0 Å². The first-order valence-corrected chi connectivity index (χ1v) is 9.99. The minimum atomic E-state index is -0.456. The molecule has 0 fully saturated rings. The fraction of sp³-hybridized carbons (Fsp3) is 0.150. The molecule has 0 spiro atoms.